The van der Waals surface area contributed by atoms with Crippen molar-refractivity contribution < 1.29 is 9.59 Å². The second-order valence-electron chi connectivity index (χ2n) is 7.87. The fourth-order valence-electron chi connectivity index (χ4n) is 4.01. The van der Waals surface area contributed by atoms with Crippen LogP contribution >= 0.6 is 0 Å². The first-order chi connectivity index (χ1) is 14.9. The van der Waals surface area contributed by atoms with Gasteiger partial charge in [0.1, 0.15) is 11.9 Å². The molecule has 0 bridgehead atoms. The van der Waals surface area contributed by atoms with Crippen LogP contribution in [0.15, 0.2) is 54.7 Å². The van der Waals surface area contributed by atoms with Crippen LogP contribution in [-0.2, 0) is 29.6 Å². The van der Waals surface area contributed by atoms with E-state index in [1.165, 1.54) is 6.92 Å². The van der Waals surface area contributed by atoms with Crippen LogP contribution in [0.25, 0.3) is 21.9 Å². The highest BCUT2D eigenvalue weighted by Crippen LogP contribution is 2.20. The molecule has 2 aromatic heterocycles. The molecule has 0 aliphatic heterocycles. The standard InChI is InChI=1S/C24H27N5O2/c1-16(26-17(2)30)24(31)29(13-12-18-14-25-20-9-5-4-8-19(18)20)15-23-27-21-10-6-7-11-22(21)28(23)3/h4-11,14,16,25H,12-13,15H2,1-3H3,(H,26,30). The molecule has 0 spiro atoms. The van der Waals surface area contributed by atoms with Gasteiger partial charge >= 0.3 is 0 Å². The van der Waals surface area contributed by atoms with Crippen LogP contribution in [0.5, 0.6) is 0 Å². The predicted octanol–water partition coefficient (Wildman–Crippen LogP) is 3.15. The Balaban J connectivity index is 1.59. The summed E-state index contributed by atoms with van der Waals surface area (Å²) in [6.07, 6.45) is 2.70. The predicted molar refractivity (Wildman–Crippen MR) is 121 cm³/mol. The Morgan fingerprint density at radius 2 is 1.90 bits per heavy atom. The lowest BCUT2D eigenvalue weighted by Crippen LogP contribution is -2.47. The number of aromatic nitrogens is 3. The number of rotatable bonds is 7. The Labute approximate surface area is 181 Å². The number of hydrogen-bond donors (Lipinski definition) is 2. The number of benzene rings is 2. The quantitative estimate of drug-likeness (QED) is 0.485. The van der Waals surface area contributed by atoms with Gasteiger partial charge in [-0.25, -0.2) is 4.98 Å². The molecule has 4 aromatic rings. The molecule has 2 aromatic carbocycles. The fraction of sp³-hybridized carbons (Fsp3) is 0.292. The minimum atomic E-state index is -0.602. The van der Waals surface area contributed by atoms with Crippen molar-refractivity contribution in [2.75, 3.05) is 6.54 Å². The first kappa shape index (κ1) is 20.7. The molecule has 1 unspecified atom stereocenters. The van der Waals surface area contributed by atoms with Crippen LogP contribution in [-0.4, -0.2) is 43.8 Å². The van der Waals surface area contributed by atoms with Crippen LogP contribution in [0.3, 0.4) is 0 Å². The van der Waals surface area contributed by atoms with E-state index in [1.807, 2.05) is 60.3 Å². The number of fused-ring (bicyclic) bond motifs is 2. The zero-order chi connectivity index (χ0) is 22.0. The molecule has 0 aliphatic rings. The van der Waals surface area contributed by atoms with Crippen LogP contribution in [0, 0.1) is 0 Å². The highest BCUT2D eigenvalue weighted by atomic mass is 16.2. The van der Waals surface area contributed by atoms with Crippen LogP contribution < -0.4 is 5.32 Å². The van der Waals surface area contributed by atoms with Crippen LogP contribution in [0.2, 0.25) is 0 Å². The van der Waals surface area contributed by atoms with E-state index >= 15 is 0 Å². The van der Waals surface area contributed by atoms with Gasteiger partial charge in [0.05, 0.1) is 17.6 Å². The minimum Gasteiger partial charge on any atom is -0.361 e. The molecule has 0 saturated heterocycles. The van der Waals surface area contributed by atoms with Gasteiger partial charge in [0.25, 0.3) is 0 Å². The van der Waals surface area contributed by atoms with Gasteiger partial charge in [-0.15, -0.1) is 0 Å². The third-order valence-electron chi connectivity index (χ3n) is 5.64. The highest BCUT2D eigenvalue weighted by Gasteiger charge is 2.23. The molecule has 1 atom stereocenters. The van der Waals surface area contributed by atoms with E-state index in [1.54, 1.807) is 11.8 Å². The maximum Gasteiger partial charge on any atom is 0.245 e. The van der Waals surface area contributed by atoms with Gasteiger partial charge in [0.2, 0.25) is 11.8 Å². The Kier molecular flexibility index (Phi) is 5.75. The SMILES string of the molecule is CC(=O)NC(C)C(=O)N(CCc1c[nH]c2ccccc12)Cc1nc2ccccc2n1C. The molecule has 0 saturated carbocycles. The van der Waals surface area contributed by atoms with Gasteiger partial charge < -0.3 is 19.8 Å². The van der Waals surface area contributed by atoms with E-state index in [0.717, 1.165) is 33.3 Å². The monoisotopic (exact) mass is 417 g/mol. The number of para-hydroxylation sites is 3. The first-order valence-corrected chi connectivity index (χ1v) is 10.4. The third-order valence-corrected chi connectivity index (χ3v) is 5.64. The normalized spacial score (nSPS) is 12.2. The van der Waals surface area contributed by atoms with Gasteiger partial charge in [-0.2, -0.15) is 0 Å². The van der Waals surface area contributed by atoms with Gasteiger partial charge in [0, 0.05) is 37.6 Å². The summed E-state index contributed by atoms with van der Waals surface area (Å²) in [5.41, 5.74) is 4.17. The third kappa shape index (κ3) is 4.30. The van der Waals surface area contributed by atoms with Crippen molar-refractivity contribution in [3.8, 4) is 0 Å². The summed E-state index contributed by atoms with van der Waals surface area (Å²) < 4.78 is 2.02. The molecular weight excluding hydrogens is 390 g/mol. The molecule has 7 heteroatoms. The van der Waals surface area contributed by atoms with Crippen molar-refractivity contribution in [3.63, 3.8) is 0 Å². The van der Waals surface area contributed by atoms with E-state index in [2.05, 4.69) is 16.4 Å². The fourth-order valence-corrected chi connectivity index (χ4v) is 4.01. The van der Waals surface area contributed by atoms with E-state index in [0.29, 0.717) is 19.5 Å². The van der Waals surface area contributed by atoms with Crippen molar-refractivity contribution in [3.05, 3.63) is 66.1 Å². The summed E-state index contributed by atoms with van der Waals surface area (Å²) in [7, 11) is 1.96. The molecule has 0 aliphatic carbocycles. The Morgan fingerprint density at radius 3 is 2.68 bits per heavy atom. The molecule has 31 heavy (non-hydrogen) atoms. The van der Waals surface area contributed by atoms with E-state index in [4.69, 9.17) is 4.98 Å². The van der Waals surface area contributed by atoms with Crippen LogP contribution in [0.4, 0.5) is 0 Å². The maximum atomic E-state index is 13.2. The first-order valence-electron chi connectivity index (χ1n) is 10.4. The van der Waals surface area contributed by atoms with Gasteiger partial charge in [0.15, 0.2) is 0 Å². The van der Waals surface area contributed by atoms with Crippen LogP contribution in [0.1, 0.15) is 25.2 Å². The van der Waals surface area contributed by atoms with E-state index in [9.17, 15) is 9.59 Å². The maximum absolute atomic E-state index is 13.2. The van der Waals surface area contributed by atoms with Gasteiger partial charge in [-0.3, -0.25) is 9.59 Å². The number of hydrogen-bond acceptors (Lipinski definition) is 3. The zero-order valence-electron chi connectivity index (χ0n) is 18.1. The Bertz CT molecular complexity index is 1240. The number of nitrogens with zero attached hydrogens (tertiary/aromatic N) is 3. The lowest BCUT2D eigenvalue weighted by atomic mass is 10.1. The summed E-state index contributed by atoms with van der Waals surface area (Å²) >= 11 is 0. The molecule has 2 amide bonds. The topological polar surface area (TPSA) is 83.0 Å². The molecule has 160 valence electrons. The largest absolute Gasteiger partial charge is 0.361 e. The van der Waals surface area contributed by atoms with Gasteiger partial charge in [-0.1, -0.05) is 30.3 Å². The molecule has 7 nitrogen and oxygen atoms in total. The molecular formula is C24H27N5O2. The Hall–Kier alpha value is -3.61. The van der Waals surface area contributed by atoms with Gasteiger partial charge in [-0.05, 0) is 37.1 Å². The molecule has 2 N–H and O–H groups in total. The van der Waals surface area contributed by atoms with Crippen molar-refractivity contribution in [1.82, 2.24) is 24.8 Å². The van der Waals surface area contributed by atoms with Crippen molar-refractivity contribution in [2.45, 2.75) is 32.9 Å². The lowest BCUT2D eigenvalue weighted by Gasteiger charge is -2.26. The molecule has 0 radical (unpaired) electrons. The Morgan fingerprint density at radius 1 is 1.16 bits per heavy atom. The molecule has 2 heterocycles. The van der Waals surface area contributed by atoms with Crippen molar-refractivity contribution in [2.24, 2.45) is 7.05 Å². The average Bonchev–Trinajstić information content (AvgIpc) is 3.31. The van der Waals surface area contributed by atoms with E-state index < -0.39 is 6.04 Å². The minimum absolute atomic E-state index is 0.123. The average molecular weight is 418 g/mol. The highest BCUT2D eigenvalue weighted by molar-refractivity contribution is 5.87. The van der Waals surface area contributed by atoms with E-state index in [-0.39, 0.29) is 11.8 Å². The number of imidazole rings is 1. The number of aryl methyl sites for hydroxylation is 1. The van der Waals surface area contributed by atoms with Crippen molar-refractivity contribution in [1.29, 1.82) is 0 Å². The smallest absolute Gasteiger partial charge is 0.245 e. The number of H-pyrrole nitrogens is 1. The second kappa shape index (κ2) is 8.63. The number of amides is 2. The summed E-state index contributed by atoms with van der Waals surface area (Å²) in [6.45, 7) is 4.03. The van der Waals surface area contributed by atoms with Crippen molar-refractivity contribution >= 4 is 33.8 Å². The lowest BCUT2D eigenvalue weighted by molar-refractivity contribution is -0.136. The number of aromatic amines is 1. The second-order valence-corrected chi connectivity index (χ2v) is 7.87. The number of carbonyl (C=O) groups is 2. The summed E-state index contributed by atoms with van der Waals surface area (Å²) in [5.74, 6) is 0.464. The molecule has 4 rings (SSSR count). The summed E-state index contributed by atoms with van der Waals surface area (Å²) in [5, 5.41) is 3.87. The molecule has 0 fully saturated rings. The number of nitrogens with one attached hydrogen (secondary N) is 2. The summed E-state index contributed by atoms with van der Waals surface area (Å²) in [6, 6.07) is 15.5. The zero-order valence-corrected chi connectivity index (χ0v) is 18.1. The number of carbonyl (C=O) groups excluding carboxylic acids is 2. The summed E-state index contributed by atoms with van der Waals surface area (Å²) in [4.78, 5) is 34.5.